The zero-order chi connectivity index (χ0) is 22.2. The number of unbranched alkanes of at least 4 members (excludes halogenated alkanes) is 1. The van der Waals surface area contributed by atoms with E-state index in [1.54, 1.807) is 12.3 Å². The molecule has 1 aliphatic heterocycles. The van der Waals surface area contributed by atoms with Gasteiger partial charge < -0.3 is 15.0 Å². The molecule has 1 N–H and O–H groups in total. The third-order valence-corrected chi connectivity index (χ3v) is 5.35. The van der Waals surface area contributed by atoms with E-state index in [1.165, 1.54) is 4.90 Å². The summed E-state index contributed by atoms with van der Waals surface area (Å²) in [4.78, 5) is 30.9. The Morgan fingerprint density at radius 2 is 2.00 bits per heavy atom. The molecule has 1 aromatic heterocycles. The van der Waals surface area contributed by atoms with Crippen LogP contribution in [0.15, 0.2) is 36.5 Å². The van der Waals surface area contributed by atoms with Gasteiger partial charge in [-0.05, 0) is 37.5 Å². The highest BCUT2D eigenvalue weighted by Gasteiger charge is 2.29. The average Bonchev–Trinajstić information content (AvgIpc) is 2.78. The van der Waals surface area contributed by atoms with Crippen LogP contribution in [0.25, 0.3) is 0 Å². The molecule has 2 heterocycles. The van der Waals surface area contributed by atoms with Gasteiger partial charge in [-0.2, -0.15) is 0 Å². The Morgan fingerprint density at radius 1 is 1.23 bits per heavy atom. The highest BCUT2D eigenvalue weighted by atomic mass is 19.1. The van der Waals surface area contributed by atoms with Crippen LogP contribution in [0.1, 0.15) is 48.5 Å². The lowest BCUT2D eigenvalue weighted by Gasteiger charge is -2.31. The van der Waals surface area contributed by atoms with Crippen molar-refractivity contribution in [1.29, 1.82) is 0 Å². The standard InChI is InChI=1S/C23H27F2N3O3/c1-2-3-13-31-22-17(5-4-10-26-22)15-27-21(29)16-8-11-28(12-9-16)23(30)19-7-6-18(24)14-20(19)25/h4-7,10,14,16H,2-3,8-9,11-13,15H2,1H3,(H,27,29). The molecule has 2 aromatic rings. The van der Waals surface area contributed by atoms with Crippen molar-refractivity contribution in [3.8, 4) is 5.88 Å². The van der Waals surface area contributed by atoms with Crippen molar-refractivity contribution in [3.63, 3.8) is 0 Å². The number of hydrogen-bond acceptors (Lipinski definition) is 4. The summed E-state index contributed by atoms with van der Waals surface area (Å²) in [5.41, 5.74) is 0.655. The maximum atomic E-state index is 13.9. The number of rotatable bonds is 8. The number of carbonyl (C=O) groups excluding carboxylic acids is 2. The normalized spacial score (nSPS) is 14.4. The largest absolute Gasteiger partial charge is 0.477 e. The molecule has 1 aromatic carbocycles. The highest BCUT2D eigenvalue weighted by molar-refractivity contribution is 5.94. The van der Waals surface area contributed by atoms with Gasteiger partial charge in [0.15, 0.2) is 0 Å². The van der Waals surface area contributed by atoms with E-state index in [1.807, 2.05) is 6.07 Å². The van der Waals surface area contributed by atoms with E-state index in [9.17, 15) is 18.4 Å². The maximum Gasteiger partial charge on any atom is 0.256 e. The first kappa shape index (κ1) is 22.7. The number of nitrogens with zero attached hydrogens (tertiary/aromatic N) is 2. The van der Waals surface area contributed by atoms with Gasteiger partial charge in [-0.15, -0.1) is 0 Å². The predicted molar refractivity (Wildman–Crippen MR) is 111 cm³/mol. The number of hydrogen-bond donors (Lipinski definition) is 1. The number of aromatic nitrogens is 1. The van der Waals surface area contributed by atoms with Gasteiger partial charge in [0.25, 0.3) is 5.91 Å². The molecule has 2 amide bonds. The van der Waals surface area contributed by atoms with Gasteiger partial charge >= 0.3 is 0 Å². The topological polar surface area (TPSA) is 71.5 Å². The predicted octanol–water partition coefficient (Wildman–Crippen LogP) is 3.71. The molecule has 1 saturated heterocycles. The van der Waals surface area contributed by atoms with Crippen molar-refractivity contribution < 1.29 is 23.1 Å². The summed E-state index contributed by atoms with van der Waals surface area (Å²) >= 11 is 0. The minimum absolute atomic E-state index is 0.0941. The minimum Gasteiger partial charge on any atom is -0.477 e. The molecule has 8 heteroatoms. The summed E-state index contributed by atoms with van der Waals surface area (Å²) in [5, 5.41) is 2.93. The van der Waals surface area contributed by atoms with E-state index in [2.05, 4.69) is 17.2 Å². The van der Waals surface area contributed by atoms with E-state index >= 15 is 0 Å². The SMILES string of the molecule is CCCCOc1ncccc1CNC(=O)C1CCN(C(=O)c2ccc(F)cc2F)CC1. The van der Waals surface area contributed by atoms with E-state index in [0.29, 0.717) is 51.0 Å². The number of amides is 2. The highest BCUT2D eigenvalue weighted by Crippen LogP contribution is 2.21. The molecular formula is C23H27F2N3O3. The lowest BCUT2D eigenvalue weighted by Crippen LogP contribution is -2.43. The van der Waals surface area contributed by atoms with Crippen LogP contribution in [0.4, 0.5) is 8.78 Å². The summed E-state index contributed by atoms with van der Waals surface area (Å²) in [5.74, 6) is -1.89. The summed E-state index contributed by atoms with van der Waals surface area (Å²) in [6, 6.07) is 6.58. The lowest BCUT2D eigenvalue weighted by molar-refractivity contribution is -0.126. The van der Waals surface area contributed by atoms with Gasteiger partial charge in [-0.1, -0.05) is 19.4 Å². The van der Waals surface area contributed by atoms with Crippen molar-refractivity contribution in [2.75, 3.05) is 19.7 Å². The fourth-order valence-electron chi connectivity index (χ4n) is 3.51. The van der Waals surface area contributed by atoms with Crippen molar-refractivity contribution in [2.45, 2.75) is 39.2 Å². The molecule has 1 aliphatic rings. The number of benzene rings is 1. The lowest BCUT2D eigenvalue weighted by atomic mass is 9.95. The Morgan fingerprint density at radius 3 is 2.71 bits per heavy atom. The zero-order valence-corrected chi connectivity index (χ0v) is 17.6. The second-order valence-electron chi connectivity index (χ2n) is 7.58. The van der Waals surface area contributed by atoms with Crippen LogP contribution < -0.4 is 10.1 Å². The number of piperidine rings is 1. The Balaban J connectivity index is 1.50. The average molecular weight is 431 g/mol. The van der Waals surface area contributed by atoms with Gasteiger partial charge in [0, 0.05) is 43.4 Å². The maximum absolute atomic E-state index is 13.9. The first-order chi connectivity index (χ1) is 15.0. The van der Waals surface area contributed by atoms with E-state index in [4.69, 9.17) is 4.74 Å². The number of carbonyl (C=O) groups is 2. The number of likely N-dealkylation sites (tertiary alicyclic amines) is 1. The molecule has 31 heavy (non-hydrogen) atoms. The number of nitrogens with one attached hydrogen (secondary N) is 1. The van der Waals surface area contributed by atoms with Crippen LogP contribution in [0.3, 0.4) is 0 Å². The Bertz CT molecular complexity index is 915. The minimum atomic E-state index is -0.877. The fourth-order valence-corrected chi connectivity index (χ4v) is 3.51. The first-order valence-corrected chi connectivity index (χ1v) is 10.6. The van der Waals surface area contributed by atoms with Crippen LogP contribution in [-0.2, 0) is 11.3 Å². The van der Waals surface area contributed by atoms with Crippen molar-refractivity contribution in [3.05, 3.63) is 59.3 Å². The molecule has 0 aliphatic carbocycles. The summed E-state index contributed by atoms with van der Waals surface area (Å²) < 4.78 is 32.6. The Labute approximate surface area is 180 Å². The molecule has 6 nitrogen and oxygen atoms in total. The molecule has 3 rings (SSSR count). The zero-order valence-electron chi connectivity index (χ0n) is 17.6. The molecule has 0 bridgehead atoms. The third kappa shape index (κ3) is 5.99. The van der Waals surface area contributed by atoms with E-state index in [0.717, 1.165) is 30.5 Å². The molecule has 0 spiro atoms. The van der Waals surface area contributed by atoms with Crippen molar-refractivity contribution in [1.82, 2.24) is 15.2 Å². The second kappa shape index (κ2) is 10.8. The quantitative estimate of drug-likeness (QED) is 0.647. The Hall–Kier alpha value is -3.03. The third-order valence-electron chi connectivity index (χ3n) is 5.35. The van der Waals surface area contributed by atoms with Gasteiger partial charge in [0.05, 0.1) is 12.2 Å². The van der Waals surface area contributed by atoms with Crippen molar-refractivity contribution >= 4 is 11.8 Å². The molecule has 0 unspecified atom stereocenters. The van der Waals surface area contributed by atoms with Crippen LogP contribution >= 0.6 is 0 Å². The number of ether oxygens (including phenoxy) is 1. The van der Waals surface area contributed by atoms with Gasteiger partial charge in [0.1, 0.15) is 11.6 Å². The molecular weight excluding hydrogens is 404 g/mol. The molecule has 166 valence electrons. The Kier molecular flexibility index (Phi) is 7.92. The number of pyridine rings is 1. The summed E-state index contributed by atoms with van der Waals surface area (Å²) in [6.45, 7) is 3.65. The van der Waals surface area contributed by atoms with Crippen LogP contribution in [0, 0.1) is 17.6 Å². The van der Waals surface area contributed by atoms with Crippen LogP contribution in [0.2, 0.25) is 0 Å². The monoisotopic (exact) mass is 431 g/mol. The van der Waals surface area contributed by atoms with Crippen LogP contribution in [0.5, 0.6) is 5.88 Å². The molecule has 0 radical (unpaired) electrons. The first-order valence-electron chi connectivity index (χ1n) is 10.6. The summed E-state index contributed by atoms with van der Waals surface area (Å²) in [6.07, 6.45) is 4.57. The summed E-state index contributed by atoms with van der Waals surface area (Å²) in [7, 11) is 0. The van der Waals surface area contributed by atoms with E-state index < -0.39 is 17.5 Å². The fraction of sp³-hybridized carbons (Fsp3) is 0.435. The molecule has 1 fully saturated rings. The van der Waals surface area contributed by atoms with Gasteiger partial charge in [-0.25, -0.2) is 13.8 Å². The van der Waals surface area contributed by atoms with Crippen LogP contribution in [-0.4, -0.2) is 41.4 Å². The van der Waals surface area contributed by atoms with Gasteiger partial charge in [-0.3, -0.25) is 9.59 Å². The smallest absolute Gasteiger partial charge is 0.256 e. The molecule has 0 saturated carbocycles. The second-order valence-corrected chi connectivity index (χ2v) is 7.58. The van der Waals surface area contributed by atoms with Gasteiger partial charge in [0.2, 0.25) is 11.8 Å². The molecule has 0 atom stereocenters. The van der Waals surface area contributed by atoms with Crippen molar-refractivity contribution in [2.24, 2.45) is 5.92 Å². The van der Waals surface area contributed by atoms with E-state index in [-0.39, 0.29) is 17.4 Å². The number of halogens is 2.